The Morgan fingerprint density at radius 3 is 2.55 bits per heavy atom. The Morgan fingerprint density at radius 2 is 1.85 bits per heavy atom. The lowest BCUT2D eigenvalue weighted by atomic mass is 9.94. The van der Waals surface area contributed by atoms with Gasteiger partial charge in [-0.1, -0.05) is 24.3 Å². The third kappa shape index (κ3) is 5.25. The number of hydrogen-bond donors (Lipinski definition) is 3. The predicted molar refractivity (Wildman–Crippen MR) is 125 cm³/mol. The Bertz CT molecular complexity index is 1080. The fourth-order valence-corrected chi connectivity index (χ4v) is 3.72. The van der Waals surface area contributed by atoms with Gasteiger partial charge >= 0.3 is 18.0 Å². The monoisotopic (exact) mass is 452 g/mol. The minimum atomic E-state index is -0.712. The first-order valence-corrected chi connectivity index (χ1v) is 10.7. The molecule has 3 rings (SSSR count). The number of amides is 4. The first-order chi connectivity index (χ1) is 15.9. The van der Waals surface area contributed by atoms with Crippen molar-refractivity contribution in [2.45, 2.75) is 26.8 Å². The maximum atomic E-state index is 12.6. The first-order valence-electron chi connectivity index (χ1n) is 10.7. The van der Waals surface area contributed by atoms with Crippen LogP contribution < -0.4 is 20.7 Å². The summed E-state index contributed by atoms with van der Waals surface area (Å²) in [4.78, 5) is 39.2. The van der Waals surface area contributed by atoms with Crippen LogP contribution in [0.15, 0.2) is 59.8 Å². The molecule has 0 saturated heterocycles. The molecule has 3 N–H and O–H groups in total. The molecule has 1 aliphatic rings. The lowest BCUT2D eigenvalue weighted by molar-refractivity contribution is -0.136. The van der Waals surface area contributed by atoms with E-state index in [4.69, 9.17) is 9.47 Å². The van der Waals surface area contributed by atoms with Crippen LogP contribution in [0, 0.1) is 0 Å². The zero-order valence-electron chi connectivity index (χ0n) is 19.1. The molecular weight excluding hydrogens is 424 g/mol. The average molecular weight is 453 g/mol. The topological polar surface area (TPSA) is 109 Å². The first kappa shape index (κ1) is 23.6. The van der Waals surface area contributed by atoms with Crippen molar-refractivity contribution < 1.29 is 23.9 Å². The zero-order chi connectivity index (χ0) is 24.0. The van der Waals surface area contributed by atoms with Gasteiger partial charge in [0, 0.05) is 17.9 Å². The Hall–Kier alpha value is -4.01. The molecule has 174 valence electrons. The number of benzene rings is 2. The molecule has 0 spiro atoms. The van der Waals surface area contributed by atoms with Gasteiger partial charge in [-0.15, -0.1) is 0 Å². The van der Waals surface area contributed by atoms with Crippen LogP contribution >= 0.6 is 0 Å². The minimum Gasteiger partial charge on any atom is -0.492 e. The summed E-state index contributed by atoms with van der Waals surface area (Å²) in [6.45, 7) is 6.29. The van der Waals surface area contributed by atoms with Gasteiger partial charge in [-0.3, -0.25) is 4.90 Å². The molecule has 2 aromatic rings. The number of hydrogen-bond acceptors (Lipinski definition) is 5. The van der Waals surface area contributed by atoms with Crippen LogP contribution in [0.25, 0.3) is 0 Å². The number of esters is 1. The van der Waals surface area contributed by atoms with E-state index in [0.717, 1.165) is 0 Å². The van der Waals surface area contributed by atoms with Crippen LogP contribution in [0.4, 0.5) is 21.0 Å². The Kier molecular flexibility index (Phi) is 7.55. The quantitative estimate of drug-likeness (QED) is 0.544. The molecule has 1 unspecified atom stereocenters. The molecule has 1 heterocycles. The van der Waals surface area contributed by atoms with Gasteiger partial charge in [0.2, 0.25) is 0 Å². The number of carbonyl (C=O) groups is 3. The molecule has 0 bridgehead atoms. The maximum Gasteiger partial charge on any atom is 0.337 e. The van der Waals surface area contributed by atoms with Crippen LogP contribution in [-0.2, 0) is 9.53 Å². The van der Waals surface area contributed by atoms with E-state index in [-0.39, 0.29) is 6.03 Å². The van der Waals surface area contributed by atoms with Crippen molar-refractivity contribution in [3.05, 3.63) is 65.4 Å². The summed E-state index contributed by atoms with van der Waals surface area (Å²) < 4.78 is 10.5. The normalized spacial score (nSPS) is 15.6. The Balaban J connectivity index is 1.84. The van der Waals surface area contributed by atoms with Gasteiger partial charge in [0.1, 0.15) is 5.75 Å². The number of carbonyl (C=O) groups excluding carboxylic acids is 3. The molecule has 33 heavy (non-hydrogen) atoms. The molecular formula is C24H28N4O5. The number of nitrogens with zero attached hydrogens (tertiary/aromatic N) is 1. The Morgan fingerprint density at radius 1 is 1.09 bits per heavy atom. The minimum absolute atomic E-state index is 0.309. The second-order valence-corrected chi connectivity index (χ2v) is 7.25. The van der Waals surface area contributed by atoms with E-state index in [2.05, 4.69) is 16.0 Å². The molecule has 2 aromatic carbocycles. The van der Waals surface area contributed by atoms with Crippen molar-refractivity contribution >= 4 is 29.4 Å². The van der Waals surface area contributed by atoms with E-state index in [1.54, 1.807) is 49.4 Å². The van der Waals surface area contributed by atoms with Gasteiger partial charge in [0.15, 0.2) is 0 Å². The number of rotatable bonds is 7. The van der Waals surface area contributed by atoms with Crippen molar-refractivity contribution in [1.29, 1.82) is 0 Å². The average Bonchev–Trinajstić information content (AvgIpc) is 2.80. The second kappa shape index (κ2) is 10.5. The van der Waals surface area contributed by atoms with Crippen LogP contribution in [0.5, 0.6) is 5.75 Å². The van der Waals surface area contributed by atoms with Crippen LogP contribution in [-0.4, -0.2) is 43.2 Å². The van der Waals surface area contributed by atoms with Gasteiger partial charge in [0.25, 0.3) is 0 Å². The molecule has 4 amide bonds. The summed E-state index contributed by atoms with van der Waals surface area (Å²) in [5.41, 5.74) is 2.53. The highest BCUT2D eigenvalue weighted by atomic mass is 16.5. The molecule has 1 aliphatic heterocycles. The zero-order valence-corrected chi connectivity index (χ0v) is 19.1. The van der Waals surface area contributed by atoms with E-state index in [9.17, 15) is 14.4 Å². The molecule has 0 radical (unpaired) electrons. The van der Waals surface area contributed by atoms with Crippen molar-refractivity contribution in [3.8, 4) is 5.75 Å². The van der Waals surface area contributed by atoms with Crippen LogP contribution in [0.1, 0.15) is 32.4 Å². The summed E-state index contributed by atoms with van der Waals surface area (Å²) in [6, 6.07) is 12.6. The van der Waals surface area contributed by atoms with E-state index in [0.29, 0.717) is 47.1 Å². The lowest BCUT2D eigenvalue weighted by Gasteiger charge is -2.34. The number of urea groups is 2. The van der Waals surface area contributed by atoms with Gasteiger partial charge < -0.3 is 25.4 Å². The highest BCUT2D eigenvalue weighted by molar-refractivity contribution is 6.01. The molecule has 0 aromatic heterocycles. The SMILES string of the molecule is CCOc1ccccc1NC(=O)Nc1cccc(C2NC(=O)N(CC)C(C)=C2C(=O)OC)c1. The van der Waals surface area contributed by atoms with Crippen molar-refractivity contribution in [2.24, 2.45) is 0 Å². The van der Waals surface area contributed by atoms with Crippen LogP contribution in [0.2, 0.25) is 0 Å². The number of nitrogens with one attached hydrogen (secondary N) is 3. The van der Waals surface area contributed by atoms with Crippen molar-refractivity contribution in [2.75, 3.05) is 30.9 Å². The van der Waals surface area contributed by atoms with Gasteiger partial charge in [0.05, 0.1) is 31.0 Å². The largest absolute Gasteiger partial charge is 0.492 e. The van der Waals surface area contributed by atoms with Crippen LogP contribution in [0.3, 0.4) is 0 Å². The number of ether oxygens (including phenoxy) is 2. The van der Waals surface area contributed by atoms with E-state index < -0.39 is 18.0 Å². The van der Waals surface area contributed by atoms with Gasteiger partial charge in [-0.05, 0) is 50.6 Å². The predicted octanol–water partition coefficient (Wildman–Crippen LogP) is 4.26. The molecule has 9 nitrogen and oxygen atoms in total. The lowest BCUT2D eigenvalue weighted by Crippen LogP contribution is -2.47. The molecule has 0 saturated carbocycles. The summed E-state index contributed by atoms with van der Waals surface area (Å²) in [7, 11) is 1.30. The van der Waals surface area contributed by atoms with E-state index in [1.165, 1.54) is 12.0 Å². The van der Waals surface area contributed by atoms with E-state index >= 15 is 0 Å². The van der Waals surface area contributed by atoms with E-state index in [1.807, 2.05) is 19.9 Å². The number of anilines is 2. The number of methoxy groups -OCH3 is 1. The van der Waals surface area contributed by atoms with Gasteiger partial charge in [-0.2, -0.15) is 0 Å². The molecule has 1 atom stereocenters. The third-order valence-electron chi connectivity index (χ3n) is 5.23. The maximum absolute atomic E-state index is 12.6. The number of allylic oxidation sites excluding steroid dienone is 1. The third-order valence-corrected chi connectivity index (χ3v) is 5.23. The highest BCUT2D eigenvalue weighted by Gasteiger charge is 2.35. The Labute approximate surface area is 192 Å². The highest BCUT2D eigenvalue weighted by Crippen LogP contribution is 2.32. The summed E-state index contributed by atoms with van der Waals surface area (Å²) in [6.07, 6.45) is 0. The summed E-state index contributed by atoms with van der Waals surface area (Å²) in [5, 5.41) is 8.40. The smallest absolute Gasteiger partial charge is 0.337 e. The summed E-state index contributed by atoms with van der Waals surface area (Å²) in [5.74, 6) is 0.0391. The van der Waals surface area contributed by atoms with Crippen molar-refractivity contribution in [1.82, 2.24) is 10.2 Å². The second-order valence-electron chi connectivity index (χ2n) is 7.25. The van der Waals surface area contributed by atoms with Gasteiger partial charge in [-0.25, -0.2) is 14.4 Å². The standard InChI is InChI=1S/C24H28N4O5/c1-5-28-15(3)20(22(29)32-4)21(27-24(28)31)16-10-9-11-17(14-16)25-23(30)26-18-12-7-8-13-19(18)33-6-2/h7-14,21H,5-6H2,1-4H3,(H,27,31)(H2,25,26,30). The fraction of sp³-hybridized carbons (Fsp3) is 0.292. The summed E-state index contributed by atoms with van der Waals surface area (Å²) >= 11 is 0. The molecule has 9 heteroatoms. The molecule has 0 fully saturated rings. The van der Waals surface area contributed by atoms with Crippen molar-refractivity contribution in [3.63, 3.8) is 0 Å². The number of para-hydroxylation sites is 2. The fourth-order valence-electron chi connectivity index (χ4n) is 3.72. The molecule has 0 aliphatic carbocycles.